The van der Waals surface area contributed by atoms with Crippen molar-refractivity contribution in [1.29, 1.82) is 0 Å². The number of pyridine rings is 1. The summed E-state index contributed by atoms with van der Waals surface area (Å²) in [7, 11) is 0. The molecule has 0 radical (unpaired) electrons. The average molecular weight is 445 g/mol. The first kappa shape index (κ1) is 22.5. The largest absolute Gasteiger partial charge is 0.452 e. The quantitative estimate of drug-likeness (QED) is 0.416. The van der Waals surface area contributed by atoms with Gasteiger partial charge in [0.2, 0.25) is 0 Å². The van der Waals surface area contributed by atoms with Gasteiger partial charge in [0, 0.05) is 42.3 Å². The van der Waals surface area contributed by atoms with Crippen molar-refractivity contribution in [2.45, 2.75) is 32.1 Å². The van der Waals surface area contributed by atoms with Gasteiger partial charge in [-0.1, -0.05) is 37.5 Å². The van der Waals surface area contributed by atoms with Gasteiger partial charge < -0.3 is 10.1 Å². The smallest absolute Gasteiger partial charge is 0.331 e. The number of nitrogens with one attached hydrogen (secondary N) is 1. The van der Waals surface area contributed by atoms with Crippen LogP contribution in [-0.4, -0.2) is 39.8 Å². The molecule has 1 fully saturated rings. The van der Waals surface area contributed by atoms with E-state index in [0.29, 0.717) is 18.2 Å². The third kappa shape index (κ3) is 6.38. The van der Waals surface area contributed by atoms with E-state index in [1.165, 1.54) is 25.3 Å². The average Bonchev–Trinajstić information content (AvgIpc) is 3.31. The van der Waals surface area contributed by atoms with Crippen LogP contribution >= 0.6 is 0 Å². The van der Waals surface area contributed by atoms with Crippen LogP contribution in [0, 0.1) is 5.92 Å². The first-order valence-electron chi connectivity index (χ1n) is 11.4. The van der Waals surface area contributed by atoms with Crippen LogP contribution < -0.4 is 5.32 Å². The van der Waals surface area contributed by atoms with Crippen LogP contribution in [0.15, 0.2) is 67.1 Å². The molecule has 33 heavy (non-hydrogen) atoms. The molecule has 2 heterocycles. The maximum Gasteiger partial charge on any atom is 0.331 e. The lowest BCUT2D eigenvalue weighted by Crippen LogP contribution is -2.33. The summed E-state index contributed by atoms with van der Waals surface area (Å²) in [5.41, 5.74) is 3.17. The third-order valence-electron chi connectivity index (χ3n) is 5.76. The van der Waals surface area contributed by atoms with Gasteiger partial charge in [-0.2, -0.15) is 5.10 Å². The van der Waals surface area contributed by atoms with Crippen molar-refractivity contribution in [1.82, 2.24) is 20.1 Å². The lowest BCUT2D eigenvalue weighted by molar-refractivity contribution is -0.143. The van der Waals surface area contributed by atoms with Crippen LogP contribution in [0.3, 0.4) is 0 Å². The number of aromatic nitrogens is 3. The molecule has 3 aromatic rings. The number of carbonyl (C=O) groups excluding carboxylic acids is 2. The first-order chi connectivity index (χ1) is 16.2. The predicted octanol–water partition coefficient (Wildman–Crippen LogP) is 4.19. The highest BCUT2D eigenvalue weighted by atomic mass is 16.5. The molecule has 0 spiro atoms. The van der Waals surface area contributed by atoms with Gasteiger partial charge in [0.15, 0.2) is 6.61 Å². The van der Waals surface area contributed by atoms with Gasteiger partial charge >= 0.3 is 5.97 Å². The number of esters is 1. The molecule has 0 bridgehead atoms. The first-order valence-corrected chi connectivity index (χ1v) is 11.4. The monoisotopic (exact) mass is 444 g/mol. The van der Waals surface area contributed by atoms with E-state index < -0.39 is 5.97 Å². The highest BCUT2D eigenvalue weighted by Gasteiger charge is 2.15. The van der Waals surface area contributed by atoms with Crippen molar-refractivity contribution < 1.29 is 14.3 Å². The Balaban J connectivity index is 1.38. The van der Waals surface area contributed by atoms with Crippen molar-refractivity contribution in [3.63, 3.8) is 0 Å². The Labute approximate surface area is 193 Å². The third-order valence-corrected chi connectivity index (χ3v) is 5.76. The minimum atomic E-state index is -0.576. The van der Waals surface area contributed by atoms with E-state index in [1.54, 1.807) is 23.2 Å². The van der Waals surface area contributed by atoms with E-state index >= 15 is 0 Å². The second-order valence-corrected chi connectivity index (χ2v) is 8.20. The van der Waals surface area contributed by atoms with Crippen molar-refractivity contribution in [3.05, 3.63) is 72.7 Å². The second kappa shape index (κ2) is 11.2. The van der Waals surface area contributed by atoms with Crippen LogP contribution in [0.4, 0.5) is 0 Å². The predicted molar refractivity (Wildman–Crippen MR) is 126 cm³/mol. The zero-order chi connectivity index (χ0) is 22.9. The fourth-order valence-electron chi connectivity index (χ4n) is 3.99. The lowest BCUT2D eigenvalue weighted by atomic mass is 9.89. The zero-order valence-electron chi connectivity index (χ0n) is 18.5. The normalized spacial score (nSPS) is 14.3. The van der Waals surface area contributed by atoms with Crippen LogP contribution in [0.25, 0.3) is 23.0 Å². The van der Waals surface area contributed by atoms with E-state index in [2.05, 4.69) is 15.4 Å². The molecule has 0 atom stereocenters. The molecule has 7 nitrogen and oxygen atoms in total. The molecule has 1 saturated carbocycles. The lowest BCUT2D eigenvalue weighted by Gasteiger charge is -2.21. The van der Waals surface area contributed by atoms with Gasteiger partial charge in [0.25, 0.3) is 5.91 Å². The zero-order valence-corrected chi connectivity index (χ0v) is 18.5. The fourth-order valence-corrected chi connectivity index (χ4v) is 3.99. The molecular weight excluding hydrogens is 416 g/mol. The number of ether oxygens (including phenoxy) is 1. The van der Waals surface area contributed by atoms with Crippen molar-refractivity contribution in [2.24, 2.45) is 5.92 Å². The second-order valence-electron chi connectivity index (χ2n) is 8.20. The summed E-state index contributed by atoms with van der Waals surface area (Å²) in [6.07, 6.45) is 14.3. The number of amides is 1. The van der Waals surface area contributed by atoms with Crippen LogP contribution in [0.5, 0.6) is 0 Å². The maximum absolute atomic E-state index is 12.2. The molecular formula is C26H28N4O3. The minimum absolute atomic E-state index is 0.268. The van der Waals surface area contributed by atoms with E-state index in [4.69, 9.17) is 4.74 Å². The van der Waals surface area contributed by atoms with E-state index in [0.717, 1.165) is 29.7 Å². The molecule has 7 heteroatoms. The van der Waals surface area contributed by atoms with Crippen molar-refractivity contribution in [2.75, 3.05) is 13.2 Å². The Morgan fingerprint density at radius 1 is 1.09 bits per heavy atom. The molecule has 1 amide bonds. The van der Waals surface area contributed by atoms with E-state index in [-0.39, 0.29) is 12.5 Å². The molecule has 0 unspecified atom stereocenters. The van der Waals surface area contributed by atoms with Crippen molar-refractivity contribution in [3.8, 4) is 16.9 Å². The Bertz CT molecular complexity index is 1090. The minimum Gasteiger partial charge on any atom is -0.452 e. The van der Waals surface area contributed by atoms with Gasteiger partial charge in [0.1, 0.15) is 5.69 Å². The summed E-state index contributed by atoms with van der Waals surface area (Å²) in [5, 5.41) is 7.55. The molecule has 2 aromatic heterocycles. The Kier molecular flexibility index (Phi) is 7.64. The van der Waals surface area contributed by atoms with E-state index in [1.807, 2.05) is 48.7 Å². The molecule has 0 aliphatic heterocycles. The van der Waals surface area contributed by atoms with Crippen LogP contribution in [-0.2, 0) is 14.3 Å². The van der Waals surface area contributed by atoms with Gasteiger partial charge in [0.05, 0.1) is 5.69 Å². The topological polar surface area (TPSA) is 86.1 Å². The Hall–Kier alpha value is -3.74. The SMILES string of the molecule is O=C(COC(=O)C=Cc1cn(-c2ccccc2)nc1-c1cccnc1)NCC1CCCCC1. The molecule has 0 saturated heterocycles. The summed E-state index contributed by atoms with van der Waals surface area (Å²) in [5.74, 6) is -0.312. The number of carbonyl (C=O) groups is 2. The highest BCUT2D eigenvalue weighted by molar-refractivity contribution is 5.90. The van der Waals surface area contributed by atoms with Gasteiger partial charge in [-0.3, -0.25) is 9.78 Å². The summed E-state index contributed by atoms with van der Waals surface area (Å²) in [6, 6.07) is 13.5. The molecule has 4 rings (SSSR count). The summed E-state index contributed by atoms with van der Waals surface area (Å²) >= 11 is 0. The summed E-state index contributed by atoms with van der Waals surface area (Å²) in [6.45, 7) is 0.369. The Morgan fingerprint density at radius 2 is 1.91 bits per heavy atom. The number of nitrogens with zero attached hydrogens (tertiary/aromatic N) is 3. The molecule has 1 aliphatic carbocycles. The highest BCUT2D eigenvalue weighted by Crippen LogP contribution is 2.24. The molecule has 170 valence electrons. The summed E-state index contributed by atoms with van der Waals surface area (Å²) in [4.78, 5) is 28.4. The van der Waals surface area contributed by atoms with Crippen molar-refractivity contribution >= 4 is 18.0 Å². The molecule has 1 aliphatic rings. The molecule has 1 aromatic carbocycles. The van der Waals surface area contributed by atoms with Gasteiger partial charge in [-0.15, -0.1) is 0 Å². The van der Waals surface area contributed by atoms with Gasteiger partial charge in [-0.05, 0) is 49.1 Å². The molecule has 1 N–H and O–H groups in total. The number of benzene rings is 1. The maximum atomic E-state index is 12.2. The number of hydrogen-bond acceptors (Lipinski definition) is 5. The number of hydrogen-bond donors (Lipinski definition) is 1. The number of rotatable bonds is 8. The van der Waals surface area contributed by atoms with Gasteiger partial charge in [-0.25, -0.2) is 9.48 Å². The summed E-state index contributed by atoms with van der Waals surface area (Å²) < 4.78 is 6.88. The fraction of sp³-hybridized carbons (Fsp3) is 0.308. The van der Waals surface area contributed by atoms with Crippen LogP contribution in [0.2, 0.25) is 0 Å². The number of para-hydroxylation sites is 1. The standard InChI is InChI=1S/C26H28N4O3/c31-24(28-16-20-8-3-1-4-9-20)19-33-25(32)14-13-22-18-30(23-11-5-2-6-12-23)29-26(22)21-10-7-15-27-17-21/h2,5-7,10-15,17-18,20H,1,3-4,8-9,16,19H2,(H,28,31). The van der Waals surface area contributed by atoms with E-state index in [9.17, 15) is 9.59 Å². The Morgan fingerprint density at radius 3 is 2.67 bits per heavy atom. The van der Waals surface area contributed by atoms with Crippen LogP contribution in [0.1, 0.15) is 37.7 Å².